The minimum atomic E-state index is -2.71. The molecule has 7 heteroatoms. The van der Waals surface area contributed by atoms with Crippen molar-refractivity contribution in [3.63, 3.8) is 0 Å². The number of carbonyl (C=O) groups excluding carboxylic acids is 1. The van der Waals surface area contributed by atoms with Gasteiger partial charge in [-0.3, -0.25) is 4.79 Å². The van der Waals surface area contributed by atoms with Gasteiger partial charge < -0.3 is 15.1 Å². The minimum absolute atomic E-state index is 0.00392. The quantitative estimate of drug-likeness (QED) is 0.784. The average Bonchev–Trinajstić information content (AvgIpc) is 2.70. The maximum Gasteiger partial charge on any atom is 0.326 e. The van der Waals surface area contributed by atoms with Gasteiger partial charge in [0.2, 0.25) is 11.8 Å². The number of nitrogens with zero attached hydrogens (tertiary/aromatic N) is 1. The third kappa shape index (κ3) is 3.02. The second-order valence-corrected chi connectivity index (χ2v) is 5.36. The average molecular weight is 277 g/mol. The molecule has 2 aliphatic rings. The van der Waals surface area contributed by atoms with Crippen molar-refractivity contribution in [3.05, 3.63) is 0 Å². The summed E-state index contributed by atoms with van der Waals surface area (Å²) in [4.78, 5) is 24.3. The molecule has 2 atom stereocenters. The van der Waals surface area contributed by atoms with Gasteiger partial charge in [0.15, 0.2) is 0 Å². The lowest BCUT2D eigenvalue weighted by Gasteiger charge is -2.31. The van der Waals surface area contributed by atoms with Crippen LogP contribution in [0.25, 0.3) is 0 Å². The molecular formula is C12H17F2NO4. The Morgan fingerprint density at radius 1 is 1.21 bits per heavy atom. The SMILES string of the molecule is O=C(O)[C@H]1C[C@@H](O)CN1C(=O)C1CCC(F)(F)CC1. The van der Waals surface area contributed by atoms with Crippen LogP contribution < -0.4 is 0 Å². The first-order chi connectivity index (χ1) is 8.80. The second-order valence-electron chi connectivity index (χ2n) is 5.36. The predicted molar refractivity (Wildman–Crippen MR) is 60.7 cm³/mol. The maximum absolute atomic E-state index is 13.0. The first-order valence-electron chi connectivity index (χ1n) is 6.39. The second kappa shape index (κ2) is 5.03. The fraction of sp³-hybridized carbons (Fsp3) is 0.833. The van der Waals surface area contributed by atoms with Gasteiger partial charge in [-0.15, -0.1) is 0 Å². The molecule has 0 aromatic heterocycles. The molecule has 0 bridgehead atoms. The number of likely N-dealkylation sites (tertiary alicyclic amines) is 1. The van der Waals surface area contributed by atoms with E-state index >= 15 is 0 Å². The van der Waals surface area contributed by atoms with Crippen molar-refractivity contribution < 1.29 is 28.6 Å². The van der Waals surface area contributed by atoms with E-state index in [2.05, 4.69) is 0 Å². The maximum atomic E-state index is 13.0. The van der Waals surface area contributed by atoms with E-state index in [4.69, 9.17) is 5.11 Å². The van der Waals surface area contributed by atoms with Crippen molar-refractivity contribution >= 4 is 11.9 Å². The van der Waals surface area contributed by atoms with Crippen LogP contribution in [0.2, 0.25) is 0 Å². The standard InChI is InChI=1S/C12H17F2NO4/c13-12(14)3-1-7(2-4-12)10(17)15-6-8(16)5-9(15)11(18)19/h7-9,16H,1-6H2,(H,18,19)/t8-,9-/m1/s1. The molecule has 1 heterocycles. The molecule has 2 N–H and O–H groups in total. The summed E-state index contributed by atoms with van der Waals surface area (Å²) >= 11 is 0. The molecule has 1 saturated carbocycles. The van der Waals surface area contributed by atoms with E-state index in [9.17, 15) is 23.5 Å². The first-order valence-corrected chi connectivity index (χ1v) is 6.39. The lowest BCUT2D eigenvalue weighted by molar-refractivity contribution is -0.151. The van der Waals surface area contributed by atoms with E-state index in [1.807, 2.05) is 0 Å². The lowest BCUT2D eigenvalue weighted by Crippen LogP contribution is -2.45. The van der Waals surface area contributed by atoms with E-state index in [1.165, 1.54) is 0 Å². The van der Waals surface area contributed by atoms with Crippen molar-refractivity contribution in [3.8, 4) is 0 Å². The highest BCUT2D eigenvalue weighted by Crippen LogP contribution is 2.37. The smallest absolute Gasteiger partial charge is 0.326 e. The molecule has 1 aliphatic carbocycles. The Morgan fingerprint density at radius 2 is 1.79 bits per heavy atom. The summed E-state index contributed by atoms with van der Waals surface area (Å²) < 4.78 is 26.1. The molecule has 1 saturated heterocycles. The van der Waals surface area contributed by atoms with E-state index in [0.717, 1.165) is 4.90 Å². The third-order valence-electron chi connectivity index (χ3n) is 3.91. The van der Waals surface area contributed by atoms with Crippen LogP contribution in [-0.2, 0) is 9.59 Å². The normalized spacial score (nSPS) is 31.4. The third-order valence-corrected chi connectivity index (χ3v) is 3.91. The zero-order valence-electron chi connectivity index (χ0n) is 10.4. The lowest BCUT2D eigenvalue weighted by atomic mass is 9.86. The number of carbonyl (C=O) groups is 2. The number of halogens is 2. The summed E-state index contributed by atoms with van der Waals surface area (Å²) in [5.41, 5.74) is 0. The molecule has 0 aromatic carbocycles. The van der Waals surface area contributed by atoms with Gasteiger partial charge in [0.25, 0.3) is 0 Å². The highest BCUT2D eigenvalue weighted by atomic mass is 19.3. The number of rotatable bonds is 2. The van der Waals surface area contributed by atoms with Crippen molar-refractivity contribution in [2.75, 3.05) is 6.54 Å². The number of carboxylic acid groups (broad SMARTS) is 1. The summed E-state index contributed by atoms with van der Waals surface area (Å²) in [5.74, 6) is -4.84. The topological polar surface area (TPSA) is 77.8 Å². The van der Waals surface area contributed by atoms with Gasteiger partial charge in [-0.1, -0.05) is 0 Å². The van der Waals surface area contributed by atoms with Crippen LogP contribution in [0.15, 0.2) is 0 Å². The van der Waals surface area contributed by atoms with Crippen LogP contribution in [-0.4, -0.2) is 51.6 Å². The highest BCUT2D eigenvalue weighted by molar-refractivity contribution is 5.86. The van der Waals surface area contributed by atoms with E-state index < -0.39 is 35.9 Å². The number of aliphatic hydroxyl groups is 1. The summed E-state index contributed by atoms with van der Waals surface area (Å²) in [6.07, 6.45) is -1.37. The molecule has 5 nitrogen and oxygen atoms in total. The molecule has 2 rings (SSSR count). The van der Waals surface area contributed by atoms with Gasteiger partial charge in [0.05, 0.1) is 6.10 Å². The summed E-state index contributed by atoms with van der Waals surface area (Å²) in [7, 11) is 0. The number of alkyl halides is 2. The molecule has 2 fully saturated rings. The first kappa shape index (κ1) is 14.2. The van der Waals surface area contributed by atoms with Gasteiger partial charge in [-0.25, -0.2) is 13.6 Å². The van der Waals surface area contributed by atoms with Crippen molar-refractivity contribution in [2.24, 2.45) is 5.92 Å². The number of β-amino-alcohol motifs (C(OH)–C–C–N with tert-alkyl or cyclic N) is 1. The Bertz CT molecular complexity index is 378. The summed E-state index contributed by atoms with van der Waals surface area (Å²) in [5, 5.41) is 18.5. The number of carboxylic acids is 1. The van der Waals surface area contributed by atoms with Crippen molar-refractivity contribution in [2.45, 2.75) is 50.2 Å². The molecule has 0 radical (unpaired) electrons. The Labute approximate surface area is 109 Å². The van der Waals surface area contributed by atoms with Gasteiger partial charge in [0, 0.05) is 31.7 Å². The van der Waals surface area contributed by atoms with Crippen LogP contribution in [0.5, 0.6) is 0 Å². The minimum Gasteiger partial charge on any atom is -0.480 e. The summed E-state index contributed by atoms with van der Waals surface area (Å²) in [6, 6.07) is -1.04. The zero-order chi connectivity index (χ0) is 14.2. The Hall–Kier alpha value is -1.24. The van der Waals surface area contributed by atoms with Crippen LogP contribution in [0.3, 0.4) is 0 Å². The van der Waals surface area contributed by atoms with Crippen LogP contribution in [0, 0.1) is 5.92 Å². The van der Waals surface area contributed by atoms with Crippen molar-refractivity contribution in [1.82, 2.24) is 4.90 Å². The fourth-order valence-electron chi connectivity index (χ4n) is 2.81. The van der Waals surface area contributed by atoms with Crippen molar-refractivity contribution in [1.29, 1.82) is 0 Å². The Balaban J connectivity index is 2.01. The van der Waals surface area contributed by atoms with Crippen LogP contribution in [0.1, 0.15) is 32.1 Å². The molecule has 108 valence electrons. The van der Waals surface area contributed by atoms with Crippen LogP contribution in [0.4, 0.5) is 8.78 Å². The molecular weight excluding hydrogens is 260 g/mol. The molecule has 1 aliphatic heterocycles. The molecule has 0 aromatic rings. The van der Waals surface area contributed by atoms with Crippen LogP contribution >= 0.6 is 0 Å². The zero-order valence-corrected chi connectivity index (χ0v) is 10.4. The Kier molecular flexibility index (Phi) is 3.75. The number of hydrogen-bond acceptors (Lipinski definition) is 3. The number of aliphatic carboxylic acids is 1. The Morgan fingerprint density at radius 3 is 2.32 bits per heavy atom. The summed E-state index contributed by atoms with van der Waals surface area (Å²) in [6.45, 7) is -0.0251. The molecule has 19 heavy (non-hydrogen) atoms. The van der Waals surface area contributed by atoms with E-state index in [1.54, 1.807) is 0 Å². The molecule has 1 amide bonds. The van der Waals surface area contributed by atoms with Gasteiger partial charge in [-0.05, 0) is 12.8 Å². The number of aliphatic hydroxyl groups excluding tert-OH is 1. The predicted octanol–water partition coefficient (Wildman–Crippen LogP) is 0.858. The monoisotopic (exact) mass is 277 g/mol. The van der Waals surface area contributed by atoms with Gasteiger partial charge in [0.1, 0.15) is 6.04 Å². The largest absolute Gasteiger partial charge is 0.480 e. The van der Waals surface area contributed by atoms with Gasteiger partial charge >= 0.3 is 5.97 Å². The van der Waals surface area contributed by atoms with E-state index in [-0.39, 0.29) is 38.6 Å². The van der Waals surface area contributed by atoms with Gasteiger partial charge in [-0.2, -0.15) is 0 Å². The molecule has 0 spiro atoms. The van der Waals surface area contributed by atoms with E-state index in [0.29, 0.717) is 0 Å². The number of hydrogen-bond donors (Lipinski definition) is 2. The fourth-order valence-corrected chi connectivity index (χ4v) is 2.81. The number of amides is 1. The highest BCUT2D eigenvalue weighted by Gasteiger charge is 2.44. The molecule has 0 unspecified atom stereocenters.